The minimum atomic E-state index is 0. The van der Waals surface area contributed by atoms with Gasteiger partial charge in [0.15, 0.2) is 5.96 Å². The van der Waals surface area contributed by atoms with E-state index in [-0.39, 0.29) is 24.0 Å². The van der Waals surface area contributed by atoms with E-state index in [1.807, 2.05) is 18.2 Å². The van der Waals surface area contributed by atoms with Gasteiger partial charge in [0, 0.05) is 30.5 Å². The molecule has 0 radical (unpaired) electrons. The Morgan fingerprint density at radius 3 is 2.80 bits per heavy atom. The van der Waals surface area contributed by atoms with Crippen LogP contribution in [0.4, 0.5) is 0 Å². The predicted octanol–water partition coefficient (Wildman–Crippen LogP) is 4.58. The van der Waals surface area contributed by atoms with E-state index in [0.717, 1.165) is 54.0 Å². The Morgan fingerprint density at radius 1 is 1.17 bits per heavy atom. The molecule has 0 saturated heterocycles. The number of benzene rings is 2. The lowest BCUT2D eigenvalue weighted by Crippen LogP contribution is -2.37. The molecule has 0 saturated carbocycles. The highest BCUT2D eigenvalue weighted by molar-refractivity contribution is 14.0. The number of rotatable bonds is 6. The van der Waals surface area contributed by atoms with Gasteiger partial charge in [-0.15, -0.1) is 35.3 Å². The fraction of sp³-hybridized carbons (Fsp3) is 0.304. The van der Waals surface area contributed by atoms with Gasteiger partial charge in [0.25, 0.3) is 0 Å². The normalized spacial score (nSPS) is 12.7. The highest BCUT2D eigenvalue weighted by Gasteiger charge is 2.12. The first-order chi connectivity index (χ1) is 14.2. The molecular weight excluding hydrogens is 507 g/mol. The number of hydrogen-bond acceptors (Lipinski definition) is 4. The molecule has 3 aromatic rings. The summed E-state index contributed by atoms with van der Waals surface area (Å²) >= 11 is 1.73. The first-order valence-corrected chi connectivity index (χ1v) is 10.8. The van der Waals surface area contributed by atoms with Crippen LogP contribution in [0, 0.1) is 6.92 Å². The van der Waals surface area contributed by atoms with E-state index < -0.39 is 0 Å². The molecule has 1 aliphatic heterocycles. The zero-order valence-corrected chi connectivity index (χ0v) is 20.4. The number of ether oxygens (including phenoxy) is 1. The average molecular weight is 534 g/mol. The van der Waals surface area contributed by atoms with Gasteiger partial charge in [0.05, 0.1) is 18.8 Å². The molecule has 7 heteroatoms. The Kier molecular flexibility index (Phi) is 8.09. The summed E-state index contributed by atoms with van der Waals surface area (Å²) in [5, 5.41) is 7.87. The molecule has 158 valence electrons. The quantitative estimate of drug-likeness (QED) is 0.276. The van der Waals surface area contributed by atoms with Crippen molar-refractivity contribution in [3.8, 4) is 16.3 Å². The van der Waals surface area contributed by atoms with Crippen molar-refractivity contribution in [2.24, 2.45) is 4.99 Å². The molecule has 0 atom stereocenters. The van der Waals surface area contributed by atoms with Crippen LogP contribution in [0.15, 0.2) is 53.5 Å². The number of aliphatic imine (C=N–C) groups is 1. The van der Waals surface area contributed by atoms with Crippen molar-refractivity contribution >= 4 is 41.3 Å². The molecular formula is C23H27IN4OS. The predicted molar refractivity (Wildman–Crippen MR) is 135 cm³/mol. The molecule has 30 heavy (non-hydrogen) atoms. The van der Waals surface area contributed by atoms with Crippen LogP contribution in [0.2, 0.25) is 0 Å². The van der Waals surface area contributed by atoms with E-state index in [4.69, 9.17) is 9.72 Å². The fourth-order valence-corrected chi connectivity index (χ4v) is 4.41. The van der Waals surface area contributed by atoms with Gasteiger partial charge in [-0.1, -0.05) is 42.5 Å². The first kappa shape index (κ1) is 22.6. The van der Waals surface area contributed by atoms with E-state index >= 15 is 0 Å². The largest absolute Gasteiger partial charge is 0.493 e. The lowest BCUT2D eigenvalue weighted by atomic mass is 10.1. The number of nitrogens with zero attached hydrogens (tertiary/aromatic N) is 2. The Bertz CT molecular complexity index is 1000. The fourth-order valence-electron chi connectivity index (χ4n) is 3.40. The van der Waals surface area contributed by atoms with Gasteiger partial charge in [0.2, 0.25) is 0 Å². The molecule has 0 spiro atoms. The third-order valence-electron chi connectivity index (χ3n) is 5.01. The molecule has 4 rings (SSSR count). The van der Waals surface area contributed by atoms with E-state index in [1.54, 1.807) is 18.4 Å². The maximum atomic E-state index is 5.58. The minimum Gasteiger partial charge on any atom is -0.493 e. The Balaban J connectivity index is 0.00000256. The lowest BCUT2D eigenvalue weighted by Gasteiger charge is -2.12. The number of aromatic nitrogens is 1. The number of hydrogen-bond donors (Lipinski definition) is 2. The van der Waals surface area contributed by atoms with Gasteiger partial charge in [-0.3, -0.25) is 4.99 Å². The topological polar surface area (TPSA) is 58.5 Å². The first-order valence-electron chi connectivity index (χ1n) is 9.94. The molecule has 0 bridgehead atoms. The number of fused-ring (bicyclic) bond motifs is 1. The number of thiazole rings is 1. The molecule has 0 aliphatic carbocycles. The van der Waals surface area contributed by atoms with Crippen LogP contribution in [0.1, 0.15) is 21.7 Å². The second-order valence-electron chi connectivity index (χ2n) is 7.04. The molecule has 2 N–H and O–H groups in total. The van der Waals surface area contributed by atoms with Crippen molar-refractivity contribution in [3.05, 3.63) is 70.2 Å². The average Bonchev–Trinajstić information content (AvgIpc) is 3.37. The van der Waals surface area contributed by atoms with Crippen molar-refractivity contribution in [1.82, 2.24) is 15.6 Å². The molecule has 0 amide bonds. The van der Waals surface area contributed by atoms with Crippen molar-refractivity contribution < 1.29 is 4.74 Å². The van der Waals surface area contributed by atoms with Crippen LogP contribution in [-0.4, -0.2) is 31.1 Å². The van der Waals surface area contributed by atoms with Gasteiger partial charge in [0.1, 0.15) is 10.8 Å². The van der Waals surface area contributed by atoms with Crippen LogP contribution in [0.25, 0.3) is 10.6 Å². The summed E-state index contributed by atoms with van der Waals surface area (Å²) in [4.78, 5) is 10.3. The lowest BCUT2D eigenvalue weighted by molar-refractivity contribution is 0.357. The second-order valence-corrected chi connectivity index (χ2v) is 8.12. The summed E-state index contributed by atoms with van der Waals surface area (Å²) in [6.45, 7) is 4.41. The van der Waals surface area contributed by atoms with Crippen molar-refractivity contribution in [1.29, 1.82) is 0 Å². The van der Waals surface area contributed by atoms with E-state index in [9.17, 15) is 0 Å². The second kappa shape index (κ2) is 10.8. The minimum absolute atomic E-state index is 0. The molecule has 1 aromatic heterocycles. The Morgan fingerprint density at radius 2 is 2.00 bits per heavy atom. The molecule has 5 nitrogen and oxygen atoms in total. The molecule has 2 heterocycles. The summed E-state index contributed by atoms with van der Waals surface area (Å²) in [7, 11) is 1.80. The zero-order valence-electron chi connectivity index (χ0n) is 17.3. The SMILES string of the molecule is CN=C(NCCc1ccc2c(c1)CCO2)NCc1sc(-c2ccccc2)nc1C.I. The van der Waals surface area contributed by atoms with Crippen molar-refractivity contribution in [2.45, 2.75) is 26.3 Å². The number of guanidine groups is 1. The van der Waals surface area contributed by atoms with Crippen molar-refractivity contribution in [3.63, 3.8) is 0 Å². The van der Waals surface area contributed by atoms with Gasteiger partial charge in [-0.05, 0) is 30.5 Å². The number of nitrogens with one attached hydrogen (secondary N) is 2. The standard InChI is InChI=1S/C23H26N4OS.HI/c1-16-21(29-22(27-16)18-6-4-3-5-7-18)15-26-23(24-2)25-12-10-17-8-9-20-19(14-17)11-13-28-20;/h3-9,14H,10-13,15H2,1-2H3,(H2,24,25,26);1H. The summed E-state index contributed by atoms with van der Waals surface area (Å²) < 4.78 is 5.58. The van der Waals surface area contributed by atoms with Crippen LogP contribution < -0.4 is 15.4 Å². The number of aryl methyl sites for hydroxylation is 1. The Labute approximate surface area is 199 Å². The number of halogens is 1. The third-order valence-corrected chi connectivity index (χ3v) is 6.22. The highest BCUT2D eigenvalue weighted by Crippen LogP contribution is 2.28. The van der Waals surface area contributed by atoms with Crippen LogP contribution >= 0.6 is 35.3 Å². The zero-order chi connectivity index (χ0) is 20.1. The summed E-state index contributed by atoms with van der Waals surface area (Å²) in [6.07, 6.45) is 1.96. The summed E-state index contributed by atoms with van der Waals surface area (Å²) in [5.74, 6) is 1.84. The van der Waals surface area contributed by atoms with Gasteiger partial charge in [-0.2, -0.15) is 0 Å². The maximum Gasteiger partial charge on any atom is 0.191 e. The van der Waals surface area contributed by atoms with Gasteiger partial charge in [-0.25, -0.2) is 4.98 Å². The van der Waals surface area contributed by atoms with Gasteiger partial charge < -0.3 is 15.4 Å². The molecule has 1 aliphatic rings. The highest BCUT2D eigenvalue weighted by atomic mass is 127. The van der Waals surface area contributed by atoms with Crippen molar-refractivity contribution in [2.75, 3.05) is 20.2 Å². The molecule has 2 aromatic carbocycles. The van der Waals surface area contributed by atoms with E-state index in [0.29, 0.717) is 6.54 Å². The van der Waals surface area contributed by atoms with E-state index in [2.05, 4.69) is 52.9 Å². The molecule has 0 fully saturated rings. The van der Waals surface area contributed by atoms with E-state index in [1.165, 1.54) is 16.0 Å². The van der Waals surface area contributed by atoms with Crippen LogP contribution in [0.3, 0.4) is 0 Å². The summed E-state index contributed by atoms with van der Waals surface area (Å²) in [6, 6.07) is 16.8. The monoisotopic (exact) mass is 534 g/mol. The van der Waals surface area contributed by atoms with Gasteiger partial charge >= 0.3 is 0 Å². The smallest absolute Gasteiger partial charge is 0.191 e. The Hall–Kier alpha value is -2.13. The molecule has 0 unspecified atom stereocenters. The maximum absolute atomic E-state index is 5.58. The third kappa shape index (κ3) is 5.51. The van der Waals surface area contributed by atoms with Crippen LogP contribution in [0.5, 0.6) is 5.75 Å². The summed E-state index contributed by atoms with van der Waals surface area (Å²) in [5.41, 5.74) is 4.87. The van der Waals surface area contributed by atoms with Crippen LogP contribution in [-0.2, 0) is 19.4 Å².